The quantitative estimate of drug-likeness (QED) is 0.621. The summed E-state index contributed by atoms with van der Waals surface area (Å²) in [6.07, 6.45) is 1.48. The number of imidazole rings is 1. The van der Waals surface area contributed by atoms with Crippen LogP contribution in [0.4, 0.5) is 8.78 Å². The fraction of sp³-hybridized carbons (Fsp3) is 0.333. The predicted octanol–water partition coefficient (Wildman–Crippen LogP) is 4.53. The molecule has 0 radical (unpaired) electrons. The van der Waals surface area contributed by atoms with E-state index in [0.29, 0.717) is 36.5 Å². The van der Waals surface area contributed by atoms with Gasteiger partial charge < -0.3 is 0 Å². The lowest BCUT2D eigenvalue weighted by Crippen LogP contribution is -2.36. The van der Waals surface area contributed by atoms with E-state index in [-0.39, 0.29) is 11.7 Å². The first-order valence-corrected chi connectivity index (χ1v) is 9.19. The van der Waals surface area contributed by atoms with Crippen molar-refractivity contribution in [3.63, 3.8) is 0 Å². The maximum Gasteiger partial charge on any atom is 0.320 e. The molecule has 0 atom stereocenters. The van der Waals surface area contributed by atoms with E-state index in [9.17, 15) is 13.6 Å². The molecule has 1 fully saturated rings. The average Bonchev–Trinajstić information content (AvgIpc) is 3.06. The second-order valence-corrected chi connectivity index (χ2v) is 6.95. The maximum atomic E-state index is 13.6. The molecule has 1 aliphatic heterocycles. The lowest BCUT2D eigenvalue weighted by molar-refractivity contribution is 0.0659. The molecule has 6 heteroatoms. The molecule has 0 spiro atoms. The molecule has 4 rings (SSSR count). The Labute approximate surface area is 156 Å². The van der Waals surface area contributed by atoms with Gasteiger partial charge in [0.2, 0.25) is 0 Å². The third-order valence-electron chi connectivity index (χ3n) is 5.25. The molecule has 3 aromatic rings. The van der Waals surface area contributed by atoms with Gasteiger partial charge in [0, 0.05) is 11.5 Å². The van der Waals surface area contributed by atoms with E-state index in [0.717, 1.165) is 23.0 Å². The Balaban J connectivity index is 1.45. The number of alkyl halides is 2. The van der Waals surface area contributed by atoms with Crippen molar-refractivity contribution in [2.75, 3.05) is 13.1 Å². The molecule has 0 amide bonds. The Kier molecular flexibility index (Phi) is 4.99. The van der Waals surface area contributed by atoms with Crippen LogP contribution in [0.15, 0.2) is 54.6 Å². The summed E-state index contributed by atoms with van der Waals surface area (Å²) >= 11 is 0. The fourth-order valence-corrected chi connectivity index (χ4v) is 3.82. The number of ketones is 1. The summed E-state index contributed by atoms with van der Waals surface area (Å²) in [5.41, 5.74) is 1.79. The second kappa shape index (κ2) is 7.56. The van der Waals surface area contributed by atoms with Gasteiger partial charge >= 0.3 is 6.55 Å². The third kappa shape index (κ3) is 3.62. The summed E-state index contributed by atoms with van der Waals surface area (Å²) in [6, 6.07) is 16.3. The van der Waals surface area contributed by atoms with Crippen LogP contribution in [0.1, 0.15) is 35.6 Å². The van der Waals surface area contributed by atoms with Crippen molar-refractivity contribution in [3.05, 3.63) is 66.0 Å². The standard InChI is InChI=1S/C21H21F2N3O/c22-21(23)26-18-9-5-4-8-17(18)24-19(26)14-25-12-10-16(11-13-25)20(27)15-6-2-1-3-7-15/h1-9,16,21H,10-14H2. The minimum atomic E-state index is -2.62. The molecule has 4 nitrogen and oxygen atoms in total. The van der Waals surface area contributed by atoms with Gasteiger partial charge in [-0.05, 0) is 38.1 Å². The van der Waals surface area contributed by atoms with E-state index >= 15 is 0 Å². The monoisotopic (exact) mass is 369 g/mol. The third-order valence-corrected chi connectivity index (χ3v) is 5.25. The van der Waals surface area contributed by atoms with E-state index in [1.807, 2.05) is 30.3 Å². The highest BCUT2D eigenvalue weighted by atomic mass is 19.3. The summed E-state index contributed by atoms with van der Waals surface area (Å²) < 4.78 is 28.1. The number of benzene rings is 2. The Morgan fingerprint density at radius 1 is 1.04 bits per heavy atom. The summed E-state index contributed by atoms with van der Waals surface area (Å²) in [6.45, 7) is -0.846. The lowest BCUT2D eigenvalue weighted by atomic mass is 9.89. The van der Waals surface area contributed by atoms with Crippen LogP contribution >= 0.6 is 0 Å². The molecule has 1 aromatic heterocycles. The summed E-state index contributed by atoms with van der Waals surface area (Å²) in [4.78, 5) is 19.1. The van der Waals surface area contributed by atoms with Gasteiger partial charge in [-0.15, -0.1) is 0 Å². The largest absolute Gasteiger partial charge is 0.320 e. The first kappa shape index (κ1) is 17.8. The van der Waals surface area contributed by atoms with Crippen molar-refractivity contribution in [3.8, 4) is 0 Å². The number of fused-ring (bicyclic) bond motifs is 1. The maximum absolute atomic E-state index is 13.6. The molecule has 0 saturated carbocycles. The Morgan fingerprint density at radius 3 is 2.41 bits per heavy atom. The highest BCUT2D eigenvalue weighted by molar-refractivity contribution is 5.97. The van der Waals surface area contributed by atoms with E-state index in [1.54, 1.807) is 24.3 Å². The number of hydrogen-bond acceptors (Lipinski definition) is 3. The predicted molar refractivity (Wildman–Crippen MR) is 99.8 cm³/mol. The van der Waals surface area contributed by atoms with Gasteiger partial charge in [0.25, 0.3) is 0 Å². The molecule has 27 heavy (non-hydrogen) atoms. The van der Waals surface area contributed by atoms with Gasteiger partial charge in [-0.2, -0.15) is 8.78 Å². The Hall–Kier alpha value is -2.60. The number of carbonyl (C=O) groups is 1. The van der Waals surface area contributed by atoms with Crippen molar-refractivity contribution in [1.29, 1.82) is 0 Å². The van der Waals surface area contributed by atoms with E-state index < -0.39 is 6.55 Å². The van der Waals surface area contributed by atoms with Crippen LogP contribution in [-0.2, 0) is 6.54 Å². The Bertz CT molecular complexity index is 931. The van der Waals surface area contributed by atoms with Crippen LogP contribution in [0.5, 0.6) is 0 Å². The van der Waals surface area contributed by atoms with E-state index in [1.165, 1.54) is 0 Å². The number of hydrogen-bond donors (Lipinski definition) is 0. The normalized spacial score (nSPS) is 16.3. The van der Waals surface area contributed by atoms with Crippen molar-refractivity contribution in [1.82, 2.24) is 14.5 Å². The molecule has 2 aromatic carbocycles. The van der Waals surface area contributed by atoms with Crippen LogP contribution in [0.2, 0.25) is 0 Å². The first-order valence-electron chi connectivity index (χ1n) is 9.19. The van der Waals surface area contributed by atoms with Gasteiger partial charge in [-0.25, -0.2) is 4.98 Å². The number of halogens is 2. The molecule has 0 aliphatic carbocycles. The van der Waals surface area contributed by atoms with E-state index in [2.05, 4.69) is 9.88 Å². The fourth-order valence-electron chi connectivity index (χ4n) is 3.82. The number of para-hydroxylation sites is 2. The zero-order valence-electron chi connectivity index (χ0n) is 14.9. The summed E-state index contributed by atoms with van der Waals surface area (Å²) in [5, 5.41) is 0. The molecule has 2 heterocycles. The summed E-state index contributed by atoms with van der Waals surface area (Å²) in [7, 11) is 0. The number of rotatable bonds is 5. The zero-order valence-corrected chi connectivity index (χ0v) is 14.9. The van der Waals surface area contributed by atoms with Crippen LogP contribution < -0.4 is 0 Å². The molecule has 0 bridgehead atoms. The number of Topliss-reactive ketones (excluding diaryl/α,β-unsaturated/α-hetero) is 1. The minimum absolute atomic E-state index is 0.00225. The molecular formula is C21H21F2N3O. The number of carbonyl (C=O) groups excluding carboxylic acids is 1. The van der Waals surface area contributed by atoms with Crippen LogP contribution in [0.25, 0.3) is 11.0 Å². The van der Waals surface area contributed by atoms with Crippen molar-refractivity contribution >= 4 is 16.8 Å². The molecular weight excluding hydrogens is 348 g/mol. The van der Waals surface area contributed by atoms with Crippen molar-refractivity contribution in [2.45, 2.75) is 25.9 Å². The SMILES string of the molecule is O=C(c1ccccc1)C1CCN(Cc2nc3ccccc3n2C(F)F)CC1. The molecule has 140 valence electrons. The lowest BCUT2D eigenvalue weighted by Gasteiger charge is -2.31. The number of aromatic nitrogens is 2. The molecule has 1 saturated heterocycles. The van der Waals surface area contributed by atoms with Crippen molar-refractivity contribution < 1.29 is 13.6 Å². The minimum Gasteiger partial charge on any atom is -0.296 e. The number of likely N-dealkylation sites (tertiary alicyclic amines) is 1. The summed E-state index contributed by atoms with van der Waals surface area (Å²) in [5.74, 6) is 0.548. The molecule has 1 aliphatic rings. The smallest absolute Gasteiger partial charge is 0.296 e. The zero-order chi connectivity index (χ0) is 18.8. The van der Waals surface area contributed by atoms with Crippen molar-refractivity contribution in [2.24, 2.45) is 5.92 Å². The van der Waals surface area contributed by atoms with Gasteiger partial charge in [0.05, 0.1) is 17.6 Å². The van der Waals surface area contributed by atoms with Gasteiger partial charge in [0.1, 0.15) is 5.82 Å². The number of nitrogens with zero attached hydrogens (tertiary/aromatic N) is 3. The second-order valence-electron chi connectivity index (χ2n) is 6.95. The number of piperidine rings is 1. The van der Waals surface area contributed by atoms with Gasteiger partial charge in [-0.3, -0.25) is 14.3 Å². The van der Waals surface area contributed by atoms with Gasteiger partial charge in [0.15, 0.2) is 5.78 Å². The highest BCUT2D eigenvalue weighted by Crippen LogP contribution is 2.26. The Morgan fingerprint density at radius 2 is 1.70 bits per heavy atom. The molecule has 0 unspecified atom stereocenters. The van der Waals surface area contributed by atoms with Gasteiger partial charge in [-0.1, -0.05) is 42.5 Å². The van der Waals surface area contributed by atoms with Crippen LogP contribution in [-0.4, -0.2) is 33.3 Å². The first-order chi connectivity index (χ1) is 13.1. The molecule has 0 N–H and O–H groups in total. The average molecular weight is 369 g/mol. The van der Waals surface area contributed by atoms with E-state index in [4.69, 9.17) is 0 Å². The topological polar surface area (TPSA) is 38.1 Å². The van der Waals surface area contributed by atoms with Crippen LogP contribution in [0, 0.1) is 5.92 Å². The highest BCUT2D eigenvalue weighted by Gasteiger charge is 2.27. The van der Waals surface area contributed by atoms with Crippen LogP contribution in [0.3, 0.4) is 0 Å².